The fourth-order valence-electron chi connectivity index (χ4n) is 5.14. The van der Waals surface area contributed by atoms with Gasteiger partial charge in [0.2, 0.25) is 6.04 Å². The zero-order valence-electron chi connectivity index (χ0n) is 15.1. The van der Waals surface area contributed by atoms with E-state index >= 15 is 0 Å². The topological polar surface area (TPSA) is 119 Å². The minimum Gasteiger partial charge on any atom is -0.324 e. The maximum Gasteiger partial charge on any atom is 0.269 e. The molecule has 2 saturated heterocycles. The van der Waals surface area contributed by atoms with Crippen LogP contribution in [0.3, 0.4) is 0 Å². The molecule has 3 aliphatic rings. The van der Waals surface area contributed by atoms with Crippen LogP contribution >= 0.6 is 11.8 Å². The summed E-state index contributed by atoms with van der Waals surface area (Å²) in [6, 6.07) is 11.6. The predicted octanol–water partition coefficient (Wildman–Crippen LogP) is 2.56. The number of nitrogens with one attached hydrogen (secondary N) is 1. The van der Waals surface area contributed by atoms with E-state index in [-0.39, 0.29) is 16.5 Å². The Hall–Kier alpha value is -2.98. The number of anilines is 1. The first-order valence-corrected chi connectivity index (χ1v) is 10.2. The van der Waals surface area contributed by atoms with E-state index in [2.05, 4.69) is 5.32 Å². The number of hydrogen-bond donors (Lipinski definition) is 1. The summed E-state index contributed by atoms with van der Waals surface area (Å²) < 4.78 is 0. The minimum atomic E-state index is -1.27. The summed E-state index contributed by atoms with van der Waals surface area (Å²) >= 11 is 1.56. The number of hydrogen-bond acceptors (Lipinski definition) is 7. The molecule has 0 radical (unpaired) electrons. The minimum absolute atomic E-state index is 0.145. The maximum atomic E-state index is 13.5. The van der Waals surface area contributed by atoms with Crippen LogP contribution in [0, 0.1) is 20.2 Å². The molecule has 0 aliphatic carbocycles. The molecule has 1 amide bonds. The first-order chi connectivity index (χ1) is 14.0. The van der Waals surface area contributed by atoms with Gasteiger partial charge in [-0.2, -0.15) is 0 Å². The maximum absolute atomic E-state index is 13.5. The Morgan fingerprint density at radius 1 is 1.14 bits per heavy atom. The molecule has 9 nitrogen and oxygen atoms in total. The zero-order chi connectivity index (χ0) is 20.3. The van der Waals surface area contributed by atoms with Crippen molar-refractivity contribution in [2.75, 3.05) is 16.9 Å². The van der Waals surface area contributed by atoms with E-state index in [0.29, 0.717) is 28.4 Å². The molecule has 3 heterocycles. The fourth-order valence-corrected chi connectivity index (χ4v) is 6.46. The van der Waals surface area contributed by atoms with E-state index in [1.54, 1.807) is 30.0 Å². The number of para-hydroxylation sites is 1. The van der Waals surface area contributed by atoms with Crippen LogP contribution in [0.15, 0.2) is 48.5 Å². The summed E-state index contributed by atoms with van der Waals surface area (Å²) in [6.45, 7) is 0. The van der Waals surface area contributed by atoms with Crippen molar-refractivity contribution in [3.05, 3.63) is 79.9 Å². The van der Waals surface area contributed by atoms with E-state index in [9.17, 15) is 25.0 Å². The molecule has 4 atom stereocenters. The van der Waals surface area contributed by atoms with Crippen LogP contribution in [0.2, 0.25) is 0 Å². The Kier molecular flexibility index (Phi) is 3.90. The Morgan fingerprint density at radius 3 is 2.69 bits per heavy atom. The van der Waals surface area contributed by atoms with E-state index in [0.717, 1.165) is 0 Å². The molecule has 10 heteroatoms. The second-order valence-corrected chi connectivity index (χ2v) is 8.41. The summed E-state index contributed by atoms with van der Waals surface area (Å²) in [4.78, 5) is 38.1. The van der Waals surface area contributed by atoms with E-state index < -0.39 is 28.5 Å². The Labute approximate surface area is 169 Å². The molecule has 29 heavy (non-hydrogen) atoms. The van der Waals surface area contributed by atoms with Gasteiger partial charge in [0.25, 0.3) is 11.6 Å². The molecule has 3 aliphatic heterocycles. The number of carbonyl (C=O) groups excluding carboxylic acids is 1. The van der Waals surface area contributed by atoms with Crippen molar-refractivity contribution >= 4 is 29.0 Å². The van der Waals surface area contributed by atoms with Crippen LogP contribution in [0.25, 0.3) is 0 Å². The molecule has 148 valence electrons. The quantitative estimate of drug-likeness (QED) is 0.608. The molecule has 0 aromatic heterocycles. The van der Waals surface area contributed by atoms with Crippen LogP contribution in [0.4, 0.5) is 11.4 Å². The average Bonchev–Trinajstić information content (AvgIpc) is 3.35. The highest BCUT2D eigenvalue weighted by Crippen LogP contribution is 2.59. The predicted molar refractivity (Wildman–Crippen MR) is 106 cm³/mol. The fraction of sp³-hybridized carbons (Fsp3) is 0.316. The van der Waals surface area contributed by atoms with Crippen molar-refractivity contribution in [2.24, 2.45) is 0 Å². The van der Waals surface area contributed by atoms with Crippen molar-refractivity contribution in [3.8, 4) is 0 Å². The van der Waals surface area contributed by atoms with E-state index in [1.807, 2.05) is 17.0 Å². The lowest BCUT2D eigenvalue weighted by atomic mass is 9.74. The van der Waals surface area contributed by atoms with Crippen molar-refractivity contribution in [2.45, 2.75) is 23.5 Å². The first-order valence-electron chi connectivity index (χ1n) is 9.09. The first kappa shape index (κ1) is 18.1. The third-order valence-electron chi connectivity index (χ3n) is 6.17. The number of non-ortho nitro benzene ring substituents is 1. The number of amides is 1. The molecule has 1 spiro atoms. The molecule has 2 fully saturated rings. The number of thioether (sulfide) groups is 1. The third-order valence-corrected chi connectivity index (χ3v) is 7.21. The highest BCUT2D eigenvalue weighted by Gasteiger charge is 2.72. The molecule has 2 aromatic carbocycles. The molecular formula is C19H16N4O5S. The molecule has 0 saturated carbocycles. The Morgan fingerprint density at radius 2 is 1.93 bits per heavy atom. The molecular weight excluding hydrogens is 396 g/mol. The summed E-state index contributed by atoms with van der Waals surface area (Å²) in [5.41, 5.74) is 0.350. The lowest BCUT2D eigenvalue weighted by molar-refractivity contribution is -0.527. The van der Waals surface area contributed by atoms with Crippen LogP contribution in [0.5, 0.6) is 0 Å². The number of benzene rings is 2. The lowest BCUT2D eigenvalue weighted by Crippen LogP contribution is -2.50. The molecule has 0 bridgehead atoms. The van der Waals surface area contributed by atoms with Crippen LogP contribution in [-0.4, -0.2) is 44.4 Å². The van der Waals surface area contributed by atoms with Crippen LogP contribution < -0.4 is 5.32 Å². The van der Waals surface area contributed by atoms with Gasteiger partial charge in [0.1, 0.15) is 5.54 Å². The average molecular weight is 412 g/mol. The Balaban J connectivity index is 1.80. The van der Waals surface area contributed by atoms with Gasteiger partial charge in [-0.15, -0.1) is 11.8 Å². The molecule has 2 aromatic rings. The third kappa shape index (κ3) is 2.29. The largest absolute Gasteiger partial charge is 0.324 e. The monoisotopic (exact) mass is 412 g/mol. The van der Waals surface area contributed by atoms with Gasteiger partial charge >= 0.3 is 0 Å². The number of nitro groups is 2. The lowest BCUT2D eigenvalue weighted by Gasteiger charge is -2.35. The van der Waals surface area contributed by atoms with Gasteiger partial charge in [-0.1, -0.05) is 30.3 Å². The normalized spacial score (nSPS) is 30.2. The summed E-state index contributed by atoms with van der Waals surface area (Å²) in [5.74, 6) is -0.129. The molecule has 1 N–H and O–H groups in total. The van der Waals surface area contributed by atoms with Gasteiger partial charge in [-0.3, -0.25) is 29.9 Å². The number of rotatable bonds is 3. The highest BCUT2D eigenvalue weighted by molar-refractivity contribution is 7.99. The van der Waals surface area contributed by atoms with Crippen molar-refractivity contribution in [1.29, 1.82) is 0 Å². The number of carbonyl (C=O) groups is 1. The summed E-state index contributed by atoms with van der Waals surface area (Å²) in [5, 5.41) is 26.4. The van der Waals surface area contributed by atoms with Gasteiger partial charge in [0.15, 0.2) is 0 Å². The van der Waals surface area contributed by atoms with Gasteiger partial charge in [-0.25, -0.2) is 0 Å². The second-order valence-electron chi connectivity index (χ2n) is 7.41. The van der Waals surface area contributed by atoms with Crippen molar-refractivity contribution in [1.82, 2.24) is 4.90 Å². The molecule has 3 unspecified atom stereocenters. The number of nitrogens with zero attached hydrogens (tertiary/aromatic N) is 3. The van der Waals surface area contributed by atoms with E-state index in [4.69, 9.17) is 0 Å². The molecule has 5 rings (SSSR count). The number of nitro benzene ring substituents is 1. The van der Waals surface area contributed by atoms with E-state index in [1.165, 1.54) is 18.2 Å². The Bertz CT molecular complexity index is 1060. The van der Waals surface area contributed by atoms with Crippen molar-refractivity contribution < 1.29 is 14.6 Å². The standard InChI is InChI=1S/C19H16N4O5S/c24-18-19(13-6-1-2-7-14(13)20-18)16(11-4-3-5-12(8-11)22(25)26)17(23(27)28)15-9-29-10-21(15)19/h1-8,15-17H,9-10H2,(H,20,24)/t15?,16?,17?,19-/m1/s1. The SMILES string of the molecule is O=C1Nc2ccccc2[C@@]12C(c1cccc([N+](=O)[O-])c1)C([N+](=O)[O-])C1CSCN12. The summed E-state index contributed by atoms with van der Waals surface area (Å²) in [7, 11) is 0. The van der Waals surface area contributed by atoms with Crippen LogP contribution in [0.1, 0.15) is 17.0 Å². The van der Waals surface area contributed by atoms with Gasteiger partial charge in [0, 0.05) is 39.9 Å². The zero-order valence-corrected chi connectivity index (χ0v) is 15.9. The highest BCUT2D eigenvalue weighted by atomic mass is 32.2. The van der Waals surface area contributed by atoms with Gasteiger partial charge in [-0.05, 0) is 11.6 Å². The smallest absolute Gasteiger partial charge is 0.269 e. The van der Waals surface area contributed by atoms with Crippen molar-refractivity contribution in [3.63, 3.8) is 0 Å². The van der Waals surface area contributed by atoms with Gasteiger partial charge < -0.3 is 5.32 Å². The second kappa shape index (κ2) is 6.26. The van der Waals surface area contributed by atoms with Gasteiger partial charge in [0.05, 0.1) is 16.9 Å². The van der Waals surface area contributed by atoms with Crippen LogP contribution in [-0.2, 0) is 10.3 Å². The number of fused-ring (bicyclic) bond motifs is 4. The summed E-state index contributed by atoms with van der Waals surface area (Å²) in [6.07, 6.45) is 0.